The molecule has 0 radical (unpaired) electrons. The van der Waals surface area contributed by atoms with Crippen LogP contribution >= 0.6 is 0 Å². The minimum absolute atomic E-state index is 0.211. The zero-order valence-corrected chi connectivity index (χ0v) is 13.3. The highest BCUT2D eigenvalue weighted by molar-refractivity contribution is 5.81. The lowest BCUT2D eigenvalue weighted by molar-refractivity contribution is -0.124. The molecule has 5 N–H and O–H groups in total. The van der Waals surface area contributed by atoms with Crippen molar-refractivity contribution < 1.29 is 15.0 Å². The summed E-state index contributed by atoms with van der Waals surface area (Å²) in [6, 6.07) is -0.914. The predicted octanol–water partition coefficient (Wildman–Crippen LogP) is 1.31. The van der Waals surface area contributed by atoms with Crippen molar-refractivity contribution in [2.45, 2.75) is 82.9 Å². The molecule has 0 saturated heterocycles. The van der Waals surface area contributed by atoms with E-state index in [0.29, 0.717) is 12.3 Å². The Morgan fingerprint density at radius 3 is 2.57 bits per heavy atom. The van der Waals surface area contributed by atoms with Crippen LogP contribution in [0.4, 0.5) is 0 Å². The molecule has 1 rings (SSSR count). The largest absolute Gasteiger partial charge is 0.394 e. The third kappa shape index (κ3) is 6.76. The van der Waals surface area contributed by atoms with Crippen molar-refractivity contribution in [2.24, 2.45) is 11.7 Å². The fourth-order valence-electron chi connectivity index (χ4n) is 3.07. The molecule has 5 nitrogen and oxygen atoms in total. The van der Waals surface area contributed by atoms with Crippen LogP contribution in [-0.4, -0.2) is 40.9 Å². The summed E-state index contributed by atoms with van der Waals surface area (Å²) in [4.78, 5) is 12.1. The zero-order valence-electron chi connectivity index (χ0n) is 13.3. The summed E-state index contributed by atoms with van der Waals surface area (Å²) in [5.41, 5.74) is 5.87. The third-order valence-corrected chi connectivity index (χ3v) is 4.50. The highest BCUT2D eigenvalue weighted by Gasteiger charge is 2.27. The molecule has 1 fully saturated rings. The van der Waals surface area contributed by atoms with Gasteiger partial charge in [0.15, 0.2) is 0 Å². The first-order valence-electron chi connectivity index (χ1n) is 8.43. The molecule has 0 aromatic rings. The number of carbonyl (C=O) groups excluding carboxylic acids is 1. The number of nitrogens with two attached hydrogens (primary N) is 1. The van der Waals surface area contributed by atoms with Gasteiger partial charge in [0.05, 0.1) is 24.8 Å². The van der Waals surface area contributed by atoms with E-state index in [9.17, 15) is 15.0 Å². The Bertz CT molecular complexity index is 293. The molecule has 124 valence electrons. The second-order valence-electron chi connectivity index (χ2n) is 6.35. The van der Waals surface area contributed by atoms with Crippen LogP contribution in [0.3, 0.4) is 0 Å². The van der Waals surface area contributed by atoms with Gasteiger partial charge in [-0.05, 0) is 18.8 Å². The Kier molecular flexibility index (Phi) is 8.88. The first kappa shape index (κ1) is 18.4. The molecule has 3 unspecified atom stereocenters. The van der Waals surface area contributed by atoms with Crippen LogP contribution in [0.25, 0.3) is 0 Å². The van der Waals surface area contributed by atoms with Crippen LogP contribution in [0.5, 0.6) is 0 Å². The van der Waals surface area contributed by atoms with Gasteiger partial charge in [0, 0.05) is 0 Å². The lowest BCUT2D eigenvalue weighted by Crippen LogP contribution is -2.51. The van der Waals surface area contributed by atoms with E-state index < -0.39 is 18.2 Å². The summed E-state index contributed by atoms with van der Waals surface area (Å²) in [5, 5.41) is 22.0. The van der Waals surface area contributed by atoms with Gasteiger partial charge < -0.3 is 21.3 Å². The summed E-state index contributed by atoms with van der Waals surface area (Å²) < 4.78 is 0. The molecule has 5 heteroatoms. The molecule has 1 aliphatic rings. The number of carbonyl (C=O) groups is 1. The van der Waals surface area contributed by atoms with Crippen LogP contribution in [0.2, 0.25) is 0 Å². The summed E-state index contributed by atoms with van der Waals surface area (Å²) in [6.07, 6.45) is 8.41. The van der Waals surface area contributed by atoms with Crippen molar-refractivity contribution in [3.8, 4) is 0 Å². The van der Waals surface area contributed by atoms with Crippen molar-refractivity contribution >= 4 is 5.91 Å². The summed E-state index contributed by atoms with van der Waals surface area (Å²) in [7, 11) is 0. The van der Waals surface area contributed by atoms with Gasteiger partial charge >= 0.3 is 0 Å². The van der Waals surface area contributed by atoms with E-state index in [1.165, 1.54) is 19.3 Å². The Morgan fingerprint density at radius 1 is 1.33 bits per heavy atom. The molecule has 21 heavy (non-hydrogen) atoms. The number of aliphatic hydroxyl groups is 2. The second kappa shape index (κ2) is 10.1. The molecule has 1 saturated carbocycles. The average Bonchev–Trinajstić information content (AvgIpc) is 2.51. The van der Waals surface area contributed by atoms with Gasteiger partial charge in [0.2, 0.25) is 5.91 Å². The van der Waals surface area contributed by atoms with E-state index in [4.69, 9.17) is 5.73 Å². The maximum atomic E-state index is 12.1. The highest BCUT2D eigenvalue weighted by Crippen LogP contribution is 2.28. The quantitative estimate of drug-likeness (QED) is 0.516. The monoisotopic (exact) mass is 300 g/mol. The zero-order chi connectivity index (χ0) is 15.7. The minimum atomic E-state index is -0.908. The Morgan fingerprint density at radius 2 is 2.00 bits per heavy atom. The van der Waals surface area contributed by atoms with Crippen molar-refractivity contribution in [2.75, 3.05) is 6.61 Å². The molecule has 0 heterocycles. The van der Waals surface area contributed by atoms with Gasteiger partial charge in [-0.2, -0.15) is 0 Å². The fourth-order valence-corrected chi connectivity index (χ4v) is 3.07. The standard InChI is InChI=1S/C16H32N2O3/c1-2-3-9-13(17)16(21)18-14(15(20)11-19)10-12-7-5-4-6-8-12/h12-15,19-20H,2-11,17H2,1H3,(H,18,21). The maximum Gasteiger partial charge on any atom is 0.237 e. The van der Waals surface area contributed by atoms with Gasteiger partial charge in [-0.25, -0.2) is 0 Å². The molecular formula is C16H32N2O3. The molecule has 3 atom stereocenters. The van der Waals surface area contributed by atoms with Crippen LogP contribution in [-0.2, 0) is 4.79 Å². The van der Waals surface area contributed by atoms with Crippen LogP contribution in [0.15, 0.2) is 0 Å². The van der Waals surface area contributed by atoms with E-state index in [0.717, 1.165) is 32.1 Å². The number of aliphatic hydroxyl groups excluding tert-OH is 2. The van der Waals surface area contributed by atoms with Crippen molar-refractivity contribution in [3.05, 3.63) is 0 Å². The SMILES string of the molecule is CCCCC(N)C(=O)NC(CC1CCCCC1)C(O)CO. The normalized spacial score (nSPS) is 20.8. The number of hydrogen-bond acceptors (Lipinski definition) is 4. The first-order chi connectivity index (χ1) is 10.1. The molecule has 0 bridgehead atoms. The molecule has 0 spiro atoms. The fraction of sp³-hybridized carbons (Fsp3) is 0.938. The Labute approximate surface area is 128 Å². The van der Waals surface area contributed by atoms with Crippen LogP contribution < -0.4 is 11.1 Å². The molecule has 1 amide bonds. The molecular weight excluding hydrogens is 268 g/mol. The van der Waals surface area contributed by atoms with E-state index in [-0.39, 0.29) is 12.5 Å². The lowest BCUT2D eigenvalue weighted by atomic mass is 9.83. The predicted molar refractivity (Wildman–Crippen MR) is 83.7 cm³/mol. The van der Waals surface area contributed by atoms with Crippen LogP contribution in [0.1, 0.15) is 64.7 Å². The third-order valence-electron chi connectivity index (χ3n) is 4.50. The molecule has 0 aromatic heterocycles. The van der Waals surface area contributed by atoms with E-state index >= 15 is 0 Å². The number of hydrogen-bond donors (Lipinski definition) is 4. The second-order valence-corrected chi connectivity index (χ2v) is 6.35. The van der Waals surface area contributed by atoms with Crippen molar-refractivity contribution in [3.63, 3.8) is 0 Å². The number of nitrogens with one attached hydrogen (secondary N) is 1. The topological polar surface area (TPSA) is 95.6 Å². The Balaban J connectivity index is 2.50. The van der Waals surface area contributed by atoms with Gasteiger partial charge in [-0.1, -0.05) is 51.9 Å². The summed E-state index contributed by atoms with van der Waals surface area (Å²) in [6.45, 7) is 1.73. The summed E-state index contributed by atoms with van der Waals surface area (Å²) >= 11 is 0. The van der Waals surface area contributed by atoms with Gasteiger partial charge in [0.1, 0.15) is 0 Å². The Hall–Kier alpha value is -0.650. The van der Waals surface area contributed by atoms with Crippen molar-refractivity contribution in [1.82, 2.24) is 5.32 Å². The minimum Gasteiger partial charge on any atom is -0.394 e. The number of amides is 1. The van der Waals surface area contributed by atoms with Gasteiger partial charge in [-0.15, -0.1) is 0 Å². The molecule has 1 aliphatic carbocycles. The molecule has 0 aliphatic heterocycles. The van der Waals surface area contributed by atoms with Gasteiger partial charge in [-0.3, -0.25) is 4.79 Å². The van der Waals surface area contributed by atoms with E-state index in [1.54, 1.807) is 0 Å². The van der Waals surface area contributed by atoms with E-state index in [2.05, 4.69) is 12.2 Å². The van der Waals surface area contributed by atoms with Gasteiger partial charge in [0.25, 0.3) is 0 Å². The first-order valence-corrected chi connectivity index (χ1v) is 8.43. The average molecular weight is 300 g/mol. The smallest absolute Gasteiger partial charge is 0.237 e. The highest BCUT2D eigenvalue weighted by atomic mass is 16.3. The number of rotatable bonds is 9. The van der Waals surface area contributed by atoms with Crippen LogP contribution in [0, 0.1) is 5.92 Å². The molecule has 0 aromatic carbocycles. The summed E-state index contributed by atoms with van der Waals surface area (Å²) in [5.74, 6) is 0.314. The maximum absolute atomic E-state index is 12.1. The van der Waals surface area contributed by atoms with E-state index in [1.807, 2.05) is 0 Å². The lowest BCUT2D eigenvalue weighted by Gasteiger charge is -2.30. The number of unbranched alkanes of at least 4 members (excludes halogenated alkanes) is 1. The van der Waals surface area contributed by atoms with Crippen molar-refractivity contribution in [1.29, 1.82) is 0 Å².